The van der Waals surface area contributed by atoms with Crippen molar-refractivity contribution in [3.05, 3.63) is 12.7 Å². The Morgan fingerprint density at radius 1 is 1.04 bits per heavy atom. The molecule has 23 heavy (non-hydrogen) atoms. The van der Waals surface area contributed by atoms with Crippen molar-refractivity contribution in [2.24, 2.45) is 5.92 Å². The van der Waals surface area contributed by atoms with E-state index in [1.807, 2.05) is 0 Å². The van der Waals surface area contributed by atoms with E-state index in [-0.39, 0.29) is 0 Å². The normalized spacial score (nSPS) is 24.1. The average Bonchev–Trinajstić information content (AvgIpc) is 2.67. The third kappa shape index (κ3) is 10.2. The molecule has 0 nitrogen and oxygen atoms in total. The molecule has 0 amide bonds. The van der Waals surface area contributed by atoms with E-state index in [0.717, 1.165) is 16.4 Å². The van der Waals surface area contributed by atoms with Crippen LogP contribution in [0.25, 0.3) is 0 Å². The molecular weight excluding hydrogens is 314 g/mol. The lowest BCUT2D eigenvalue weighted by atomic mass is 9.89. The molecule has 0 aromatic carbocycles. The quantitative estimate of drug-likeness (QED) is 0.223. The molecular formula is C19H36B2S2. The predicted octanol–water partition coefficient (Wildman–Crippen LogP) is 7.02. The standard InChI is InChI=1S/C19H36B2S2/c1-4-6-12-17(5-2)15-16-21-23-19-14-11-9-7-8-10-13-18(19)22-20-3/h5,17-19H,2,4,6-16H2,1,3H3. The lowest BCUT2D eigenvalue weighted by Gasteiger charge is -2.26. The first-order valence-corrected chi connectivity index (χ1v) is 11.7. The molecule has 1 saturated carbocycles. The minimum Gasteiger partial charge on any atom is -0.214 e. The molecule has 1 aliphatic carbocycles. The first kappa shape index (κ1) is 21.6. The van der Waals surface area contributed by atoms with Gasteiger partial charge in [0.1, 0.15) is 0 Å². The van der Waals surface area contributed by atoms with Gasteiger partial charge in [-0.2, -0.15) is 0 Å². The van der Waals surface area contributed by atoms with Crippen molar-refractivity contribution in [1.29, 1.82) is 0 Å². The van der Waals surface area contributed by atoms with Gasteiger partial charge in [-0.1, -0.05) is 77.5 Å². The zero-order valence-corrected chi connectivity index (χ0v) is 17.1. The lowest BCUT2D eigenvalue weighted by molar-refractivity contribution is 0.541. The summed E-state index contributed by atoms with van der Waals surface area (Å²) in [5.41, 5.74) is 0. The van der Waals surface area contributed by atoms with Crippen molar-refractivity contribution in [3.8, 4) is 0 Å². The van der Waals surface area contributed by atoms with Gasteiger partial charge in [0.15, 0.2) is 13.1 Å². The maximum Gasteiger partial charge on any atom is 0.192 e. The Bertz CT molecular complexity index is 287. The minimum atomic E-state index is 0.724. The second-order valence-electron chi connectivity index (χ2n) is 6.81. The van der Waals surface area contributed by atoms with E-state index in [0.29, 0.717) is 0 Å². The number of rotatable bonds is 11. The van der Waals surface area contributed by atoms with E-state index in [4.69, 9.17) is 0 Å². The van der Waals surface area contributed by atoms with E-state index >= 15 is 0 Å². The molecule has 3 atom stereocenters. The average molecular weight is 350 g/mol. The summed E-state index contributed by atoms with van der Waals surface area (Å²) in [6, 6.07) is 0. The number of hydrogen-bond donors (Lipinski definition) is 0. The summed E-state index contributed by atoms with van der Waals surface area (Å²) in [6.45, 7) is 13.3. The zero-order chi connectivity index (χ0) is 16.8. The van der Waals surface area contributed by atoms with Crippen LogP contribution in [-0.4, -0.2) is 23.6 Å². The fourth-order valence-corrected chi connectivity index (χ4v) is 5.88. The van der Waals surface area contributed by atoms with Crippen molar-refractivity contribution in [3.63, 3.8) is 0 Å². The molecule has 1 fully saturated rings. The van der Waals surface area contributed by atoms with Crippen LogP contribution in [0.15, 0.2) is 12.7 Å². The van der Waals surface area contributed by atoms with Gasteiger partial charge in [0.2, 0.25) is 0 Å². The Labute approximate surface area is 156 Å². The second kappa shape index (κ2) is 14.9. The smallest absolute Gasteiger partial charge is 0.192 e. The summed E-state index contributed by atoms with van der Waals surface area (Å²) in [5, 5.41) is 1.65. The molecule has 0 aromatic rings. The van der Waals surface area contributed by atoms with Crippen LogP contribution in [0.1, 0.15) is 77.6 Å². The molecule has 0 N–H and O–H groups in total. The summed E-state index contributed by atoms with van der Waals surface area (Å²) in [4.78, 5) is 0. The third-order valence-electron chi connectivity index (χ3n) is 4.89. The molecule has 130 valence electrons. The van der Waals surface area contributed by atoms with Gasteiger partial charge in [-0.3, -0.25) is 0 Å². The Kier molecular flexibility index (Phi) is 14.0. The number of hydrogen-bond acceptors (Lipinski definition) is 2. The van der Waals surface area contributed by atoms with Crippen LogP contribution in [0, 0.1) is 5.92 Å². The molecule has 4 heteroatoms. The fraction of sp³-hybridized carbons (Fsp3) is 0.895. The van der Waals surface area contributed by atoms with Gasteiger partial charge in [-0.05, 0) is 25.2 Å². The Morgan fingerprint density at radius 3 is 2.30 bits per heavy atom. The predicted molar refractivity (Wildman–Crippen MR) is 115 cm³/mol. The van der Waals surface area contributed by atoms with Crippen molar-refractivity contribution >= 4 is 36.3 Å². The van der Waals surface area contributed by atoms with Crippen molar-refractivity contribution < 1.29 is 0 Å². The maximum absolute atomic E-state index is 4.02. The van der Waals surface area contributed by atoms with E-state index in [1.54, 1.807) is 0 Å². The van der Waals surface area contributed by atoms with Gasteiger partial charge in [0.05, 0.1) is 0 Å². The summed E-state index contributed by atoms with van der Waals surface area (Å²) in [5.74, 6) is 0.724. The molecule has 0 aliphatic heterocycles. The lowest BCUT2D eigenvalue weighted by Crippen LogP contribution is -2.22. The highest BCUT2D eigenvalue weighted by Gasteiger charge is 2.22. The minimum absolute atomic E-state index is 0.724. The van der Waals surface area contributed by atoms with Gasteiger partial charge in [0.25, 0.3) is 0 Å². The van der Waals surface area contributed by atoms with Crippen LogP contribution in [0.3, 0.4) is 0 Å². The molecule has 0 bridgehead atoms. The van der Waals surface area contributed by atoms with Crippen LogP contribution in [0.2, 0.25) is 13.1 Å². The Hall–Kier alpha value is 0.570. The highest BCUT2D eigenvalue weighted by molar-refractivity contribution is 8.26. The fourth-order valence-electron chi connectivity index (χ4n) is 3.40. The van der Waals surface area contributed by atoms with Crippen LogP contribution in [0.4, 0.5) is 0 Å². The first-order valence-electron chi connectivity index (χ1n) is 9.84. The topological polar surface area (TPSA) is 0 Å². The number of unbranched alkanes of at least 4 members (excludes halogenated alkanes) is 1. The first-order chi connectivity index (χ1) is 11.3. The van der Waals surface area contributed by atoms with Gasteiger partial charge >= 0.3 is 0 Å². The molecule has 0 saturated heterocycles. The Morgan fingerprint density at radius 2 is 1.70 bits per heavy atom. The van der Waals surface area contributed by atoms with Crippen molar-refractivity contribution in [2.45, 2.75) is 101 Å². The van der Waals surface area contributed by atoms with Crippen LogP contribution >= 0.6 is 23.2 Å². The third-order valence-corrected chi connectivity index (χ3v) is 7.59. The highest BCUT2D eigenvalue weighted by Crippen LogP contribution is 2.33. The molecule has 0 spiro atoms. The Balaban J connectivity index is 2.33. The van der Waals surface area contributed by atoms with E-state index in [1.165, 1.54) is 76.9 Å². The van der Waals surface area contributed by atoms with E-state index in [9.17, 15) is 0 Å². The molecule has 2 radical (unpaired) electrons. The maximum atomic E-state index is 4.02. The summed E-state index contributed by atoms with van der Waals surface area (Å²) < 4.78 is 0. The molecule has 1 aliphatic rings. The monoisotopic (exact) mass is 350 g/mol. The van der Waals surface area contributed by atoms with Crippen LogP contribution in [0.5, 0.6) is 0 Å². The molecule has 1 rings (SSSR count). The summed E-state index contributed by atoms with van der Waals surface area (Å²) in [7, 11) is 0. The van der Waals surface area contributed by atoms with Crippen LogP contribution in [-0.2, 0) is 0 Å². The van der Waals surface area contributed by atoms with Gasteiger partial charge in [-0.15, -0.1) is 6.58 Å². The summed E-state index contributed by atoms with van der Waals surface area (Å²) in [6.07, 6.45) is 18.7. The SMILES string of the molecule is C=CC(CC[B]SC1CCCCCCCC1S[B]C)CCCC. The molecule has 0 heterocycles. The van der Waals surface area contributed by atoms with Gasteiger partial charge in [0, 0.05) is 10.5 Å². The molecule has 3 unspecified atom stereocenters. The van der Waals surface area contributed by atoms with Crippen molar-refractivity contribution in [1.82, 2.24) is 0 Å². The van der Waals surface area contributed by atoms with Crippen molar-refractivity contribution in [2.75, 3.05) is 0 Å². The summed E-state index contributed by atoms with van der Waals surface area (Å²) >= 11 is 4.24. The van der Waals surface area contributed by atoms with E-state index < -0.39 is 0 Å². The number of allylic oxidation sites excluding steroid dienone is 1. The molecule has 0 aromatic heterocycles. The van der Waals surface area contributed by atoms with Gasteiger partial charge in [-0.25, -0.2) is 23.2 Å². The van der Waals surface area contributed by atoms with Crippen LogP contribution < -0.4 is 0 Å². The van der Waals surface area contributed by atoms with E-state index in [2.05, 4.69) is 62.7 Å². The highest BCUT2D eigenvalue weighted by atomic mass is 32.2. The van der Waals surface area contributed by atoms with Gasteiger partial charge < -0.3 is 0 Å². The second-order valence-corrected chi connectivity index (χ2v) is 9.37. The largest absolute Gasteiger partial charge is 0.214 e. The zero-order valence-electron chi connectivity index (χ0n) is 15.5.